The van der Waals surface area contributed by atoms with Crippen LogP contribution in [0.2, 0.25) is 5.02 Å². The minimum absolute atomic E-state index is 0.0605. The van der Waals surface area contributed by atoms with Crippen LogP contribution in [0.25, 0.3) is 0 Å². The molecule has 1 aromatic carbocycles. The van der Waals surface area contributed by atoms with Crippen molar-refractivity contribution in [2.45, 2.75) is 39.2 Å². The normalized spacial score (nSPS) is 28.3. The summed E-state index contributed by atoms with van der Waals surface area (Å²) in [6, 6.07) is 4.08. The van der Waals surface area contributed by atoms with Gasteiger partial charge in [-0.1, -0.05) is 38.3 Å². The zero-order chi connectivity index (χ0) is 15.0. The minimum Gasteiger partial charge on any atom is -0.482 e. The predicted octanol–water partition coefficient (Wildman–Crippen LogP) is 3.91. The van der Waals surface area contributed by atoms with Crippen LogP contribution >= 0.6 is 11.6 Å². The molecule has 3 atom stereocenters. The van der Waals surface area contributed by atoms with Crippen LogP contribution in [0.5, 0.6) is 5.75 Å². The van der Waals surface area contributed by atoms with E-state index < -0.39 is 0 Å². The highest BCUT2D eigenvalue weighted by molar-refractivity contribution is 6.33. The summed E-state index contributed by atoms with van der Waals surface area (Å²) in [7, 11) is 0. The summed E-state index contributed by atoms with van der Waals surface area (Å²) in [5.74, 6) is 1.88. The molecule has 0 radical (unpaired) electrons. The number of fused-ring (bicyclic) bond motifs is 1. The summed E-state index contributed by atoms with van der Waals surface area (Å²) in [5.41, 5.74) is 1.53. The quantitative estimate of drug-likeness (QED) is 0.871. The number of halogens is 1. The van der Waals surface area contributed by atoms with E-state index in [1.165, 1.54) is 12.8 Å². The van der Waals surface area contributed by atoms with E-state index in [1.807, 2.05) is 6.07 Å². The molecule has 0 saturated heterocycles. The van der Waals surface area contributed by atoms with Gasteiger partial charge in [0.2, 0.25) is 0 Å². The van der Waals surface area contributed by atoms with Crippen LogP contribution in [0.4, 0.5) is 11.4 Å². The Kier molecular flexibility index (Phi) is 3.98. The van der Waals surface area contributed by atoms with Crippen LogP contribution in [-0.2, 0) is 4.79 Å². The zero-order valence-corrected chi connectivity index (χ0v) is 13.2. The molecule has 1 heterocycles. The number of benzene rings is 1. The number of nitrogens with one attached hydrogen (secondary N) is 2. The Labute approximate surface area is 130 Å². The maximum absolute atomic E-state index is 11.3. The lowest BCUT2D eigenvalue weighted by atomic mass is 9.78. The molecule has 1 aliphatic heterocycles. The van der Waals surface area contributed by atoms with Crippen LogP contribution in [0.1, 0.15) is 33.1 Å². The lowest BCUT2D eigenvalue weighted by molar-refractivity contribution is -0.118. The summed E-state index contributed by atoms with van der Waals surface area (Å²) >= 11 is 6.34. The first-order chi connectivity index (χ1) is 10.0. The van der Waals surface area contributed by atoms with Gasteiger partial charge in [0, 0.05) is 12.1 Å². The van der Waals surface area contributed by atoms with Crippen molar-refractivity contribution in [3.05, 3.63) is 17.2 Å². The molecule has 2 N–H and O–H groups in total. The van der Waals surface area contributed by atoms with Gasteiger partial charge in [-0.2, -0.15) is 0 Å². The van der Waals surface area contributed by atoms with E-state index in [0.717, 1.165) is 18.0 Å². The van der Waals surface area contributed by atoms with Crippen molar-refractivity contribution in [3.63, 3.8) is 0 Å². The molecule has 114 valence electrons. The summed E-state index contributed by atoms with van der Waals surface area (Å²) < 4.78 is 5.46. The molecule has 4 nitrogen and oxygen atoms in total. The maximum Gasteiger partial charge on any atom is 0.262 e. The second-order valence-corrected chi connectivity index (χ2v) is 6.59. The highest BCUT2D eigenvalue weighted by atomic mass is 35.5. The van der Waals surface area contributed by atoms with Crippen molar-refractivity contribution in [2.75, 3.05) is 17.2 Å². The van der Waals surface area contributed by atoms with Crippen molar-refractivity contribution in [1.29, 1.82) is 0 Å². The lowest BCUT2D eigenvalue weighted by Gasteiger charge is -2.35. The summed E-state index contributed by atoms with van der Waals surface area (Å²) in [4.78, 5) is 11.3. The number of rotatable bonds is 2. The van der Waals surface area contributed by atoms with E-state index in [-0.39, 0.29) is 12.5 Å². The Bertz CT molecular complexity index is 561. The SMILES string of the molecule is CC1CCCC(Nc2cc3c(cc2Cl)NC(=O)CO3)C1C. The Morgan fingerprint density at radius 2 is 2.14 bits per heavy atom. The molecule has 2 aliphatic rings. The van der Waals surface area contributed by atoms with Gasteiger partial charge in [-0.25, -0.2) is 0 Å². The third kappa shape index (κ3) is 2.95. The van der Waals surface area contributed by atoms with E-state index in [9.17, 15) is 4.79 Å². The Hall–Kier alpha value is -1.42. The third-order valence-corrected chi connectivity index (χ3v) is 5.06. The molecule has 3 unspecified atom stereocenters. The van der Waals surface area contributed by atoms with Gasteiger partial charge in [-0.3, -0.25) is 4.79 Å². The van der Waals surface area contributed by atoms with E-state index in [4.69, 9.17) is 16.3 Å². The van der Waals surface area contributed by atoms with Crippen LogP contribution in [0.3, 0.4) is 0 Å². The highest BCUT2D eigenvalue weighted by Crippen LogP contribution is 2.38. The molecule has 1 saturated carbocycles. The first-order valence-corrected chi connectivity index (χ1v) is 7.95. The van der Waals surface area contributed by atoms with Crippen molar-refractivity contribution < 1.29 is 9.53 Å². The van der Waals surface area contributed by atoms with Gasteiger partial charge in [0.15, 0.2) is 6.61 Å². The molecule has 0 aromatic heterocycles. The predicted molar refractivity (Wildman–Crippen MR) is 85.2 cm³/mol. The largest absolute Gasteiger partial charge is 0.482 e. The van der Waals surface area contributed by atoms with E-state index in [2.05, 4.69) is 24.5 Å². The van der Waals surface area contributed by atoms with Gasteiger partial charge < -0.3 is 15.4 Å². The fourth-order valence-corrected chi connectivity index (χ4v) is 3.41. The number of carbonyl (C=O) groups excluding carboxylic acids is 1. The van der Waals surface area contributed by atoms with E-state index in [1.54, 1.807) is 6.07 Å². The molecular weight excluding hydrogens is 288 g/mol. The molecular formula is C16H21ClN2O2. The molecule has 1 fully saturated rings. The Morgan fingerprint density at radius 1 is 1.33 bits per heavy atom. The smallest absolute Gasteiger partial charge is 0.262 e. The Balaban J connectivity index is 1.81. The molecule has 1 aliphatic carbocycles. The van der Waals surface area contributed by atoms with Crippen molar-refractivity contribution in [2.24, 2.45) is 11.8 Å². The molecule has 1 aromatic rings. The number of carbonyl (C=O) groups is 1. The summed E-state index contributed by atoms with van der Waals surface area (Å²) in [6.07, 6.45) is 3.71. The molecule has 0 bridgehead atoms. The first kappa shape index (κ1) is 14.5. The van der Waals surface area contributed by atoms with E-state index in [0.29, 0.717) is 28.4 Å². The highest BCUT2D eigenvalue weighted by Gasteiger charge is 2.28. The zero-order valence-electron chi connectivity index (χ0n) is 12.4. The molecule has 5 heteroatoms. The van der Waals surface area contributed by atoms with Gasteiger partial charge in [0.25, 0.3) is 5.91 Å². The maximum atomic E-state index is 11.3. The van der Waals surface area contributed by atoms with Crippen LogP contribution in [-0.4, -0.2) is 18.6 Å². The number of hydrogen-bond donors (Lipinski definition) is 2. The van der Waals surface area contributed by atoms with Crippen molar-refractivity contribution >= 4 is 28.9 Å². The Morgan fingerprint density at radius 3 is 2.95 bits per heavy atom. The van der Waals surface area contributed by atoms with Gasteiger partial charge in [0.05, 0.1) is 16.4 Å². The number of amides is 1. The van der Waals surface area contributed by atoms with Crippen LogP contribution in [0, 0.1) is 11.8 Å². The van der Waals surface area contributed by atoms with Crippen molar-refractivity contribution in [3.8, 4) is 5.75 Å². The fraction of sp³-hybridized carbons (Fsp3) is 0.562. The van der Waals surface area contributed by atoms with Crippen molar-refractivity contribution in [1.82, 2.24) is 0 Å². The van der Waals surface area contributed by atoms with Gasteiger partial charge in [-0.05, 0) is 24.3 Å². The third-order valence-electron chi connectivity index (χ3n) is 4.75. The minimum atomic E-state index is -0.144. The first-order valence-electron chi connectivity index (χ1n) is 7.57. The standard InChI is InChI=1S/C16H21ClN2O2/c1-9-4-3-5-12(10(9)2)18-13-7-15-14(6-11(13)17)19-16(20)8-21-15/h6-7,9-10,12,18H,3-5,8H2,1-2H3,(H,19,20). The topological polar surface area (TPSA) is 50.4 Å². The van der Waals surface area contributed by atoms with Crippen LogP contribution in [0.15, 0.2) is 12.1 Å². The second kappa shape index (κ2) is 5.76. The fourth-order valence-electron chi connectivity index (χ4n) is 3.20. The number of hydrogen-bond acceptors (Lipinski definition) is 3. The van der Waals surface area contributed by atoms with Gasteiger partial charge in [-0.15, -0.1) is 0 Å². The monoisotopic (exact) mass is 308 g/mol. The van der Waals surface area contributed by atoms with E-state index >= 15 is 0 Å². The molecule has 0 spiro atoms. The average Bonchev–Trinajstić information content (AvgIpc) is 2.45. The molecule has 3 rings (SSSR count). The number of ether oxygens (including phenoxy) is 1. The summed E-state index contributed by atoms with van der Waals surface area (Å²) in [5, 5.41) is 6.95. The van der Waals surface area contributed by atoms with Gasteiger partial charge in [0.1, 0.15) is 5.75 Å². The second-order valence-electron chi connectivity index (χ2n) is 6.18. The number of anilines is 2. The van der Waals surface area contributed by atoms with Gasteiger partial charge >= 0.3 is 0 Å². The molecule has 21 heavy (non-hydrogen) atoms. The average molecular weight is 309 g/mol. The summed E-state index contributed by atoms with van der Waals surface area (Å²) in [6.45, 7) is 4.67. The lowest BCUT2D eigenvalue weighted by Crippen LogP contribution is -2.35. The molecule has 1 amide bonds. The van der Waals surface area contributed by atoms with Crippen LogP contribution < -0.4 is 15.4 Å².